The van der Waals surface area contributed by atoms with Crippen molar-refractivity contribution in [2.45, 2.75) is 11.4 Å². The van der Waals surface area contributed by atoms with Crippen molar-refractivity contribution < 1.29 is 26.7 Å². The van der Waals surface area contributed by atoms with Gasteiger partial charge in [0.05, 0.1) is 17.7 Å². The van der Waals surface area contributed by atoms with Gasteiger partial charge in [0, 0.05) is 6.54 Å². The predicted octanol–water partition coefficient (Wildman–Crippen LogP) is 3.49. The first kappa shape index (κ1) is 22.2. The van der Waals surface area contributed by atoms with Gasteiger partial charge in [0.25, 0.3) is 10.0 Å². The van der Waals surface area contributed by atoms with Crippen molar-refractivity contribution in [3.8, 4) is 5.75 Å². The second kappa shape index (κ2) is 9.57. The second-order valence-corrected chi connectivity index (χ2v) is 8.40. The molecular weight excluding hydrogens is 426 g/mol. The third-order valence-electron chi connectivity index (χ3n) is 4.45. The minimum Gasteiger partial charge on any atom is -0.495 e. The summed E-state index contributed by atoms with van der Waals surface area (Å²) in [7, 11) is -2.83. The van der Waals surface area contributed by atoms with Crippen LogP contribution in [0.15, 0.2) is 77.7 Å². The molecule has 0 aromatic heterocycles. The number of carbonyl (C=O) groups excluding carboxylic acids is 1. The Morgan fingerprint density at radius 2 is 1.52 bits per heavy atom. The summed E-state index contributed by atoms with van der Waals surface area (Å²) >= 11 is 0. The normalized spacial score (nSPS) is 11.1. The first-order valence-corrected chi connectivity index (χ1v) is 10.7. The van der Waals surface area contributed by atoms with Gasteiger partial charge in [-0.1, -0.05) is 24.3 Å². The number of para-hydroxylation sites is 2. The molecule has 3 rings (SSSR count). The summed E-state index contributed by atoms with van der Waals surface area (Å²) in [6.07, 6.45) is 0. The van der Waals surface area contributed by atoms with Gasteiger partial charge in [-0.05, 0) is 54.1 Å². The van der Waals surface area contributed by atoms with E-state index in [2.05, 4.69) is 5.32 Å². The van der Waals surface area contributed by atoms with Crippen molar-refractivity contribution in [2.24, 2.45) is 0 Å². The Balaban J connectivity index is 1.89. The van der Waals surface area contributed by atoms with Crippen molar-refractivity contribution in [1.29, 1.82) is 0 Å². The van der Waals surface area contributed by atoms with E-state index in [9.17, 15) is 22.0 Å². The highest BCUT2D eigenvalue weighted by Crippen LogP contribution is 2.32. The third-order valence-corrected chi connectivity index (χ3v) is 6.22. The zero-order valence-electron chi connectivity index (χ0n) is 16.6. The standard InChI is InChI=1S/C22H20F2N2O4S/c1-30-21-5-3-2-4-20(21)26(31(28,29)19-12-10-18(24)11-13-19)15-22(27)25-14-16-6-8-17(23)9-7-16/h2-13H,14-15H2,1H3,(H,25,27). The molecule has 9 heteroatoms. The molecule has 0 radical (unpaired) electrons. The largest absolute Gasteiger partial charge is 0.495 e. The molecule has 3 aromatic rings. The maximum absolute atomic E-state index is 13.3. The molecule has 0 unspecified atom stereocenters. The van der Waals surface area contributed by atoms with Crippen LogP contribution in [-0.4, -0.2) is 28.0 Å². The summed E-state index contributed by atoms with van der Waals surface area (Å²) in [6.45, 7) is -0.448. The molecule has 0 aliphatic rings. The van der Waals surface area contributed by atoms with E-state index in [0.29, 0.717) is 5.56 Å². The van der Waals surface area contributed by atoms with Gasteiger partial charge in [0.15, 0.2) is 0 Å². The number of hydrogen-bond acceptors (Lipinski definition) is 4. The molecule has 3 aromatic carbocycles. The van der Waals surface area contributed by atoms with Crippen LogP contribution in [0.5, 0.6) is 5.75 Å². The van der Waals surface area contributed by atoms with Crippen LogP contribution >= 0.6 is 0 Å². The van der Waals surface area contributed by atoms with Crippen LogP contribution in [-0.2, 0) is 21.4 Å². The molecule has 1 amide bonds. The van der Waals surface area contributed by atoms with Crippen molar-refractivity contribution in [3.05, 3.63) is 90.0 Å². The topological polar surface area (TPSA) is 75.7 Å². The fourth-order valence-electron chi connectivity index (χ4n) is 2.86. The number of nitrogens with zero attached hydrogens (tertiary/aromatic N) is 1. The molecule has 0 fully saturated rings. The molecule has 0 bridgehead atoms. The Morgan fingerprint density at radius 3 is 2.13 bits per heavy atom. The fourth-order valence-corrected chi connectivity index (χ4v) is 4.29. The molecule has 0 saturated carbocycles. The van der Waals surface area contributed by atoms with Crippen molar-refractivity contribution >= 4 is 21.6 Å². The monoisotopic (exact) mass is 446 g/mol. The molecule has 0 aliphatic heterocycles. The predicted molar refractivity (Wildman–Crippen MR) is 112 cm³/mol. The van der Waals surface area contributed by atoms with E-state index < -0.39 is 34.1 Å². The number of benzene rings is 3. The number of methoxy groups -OCH3 is 1. The van der Waals surface area contributed by atoms with Crippen LogP contribution in [0.1, 0.15) is 5.56 Å². The minimum atomic E-state index is -4.21. The number of carbonyl (C=O) groups is 1. The van der Waals surface area contributed by atoms with Crippen LogP contribution in [0.4, 0.5) is 14.5 Å². The smallest absolute Gasteiger partial charge is 0.264 e. The molecular formula is C22H20F2N2O4S. The minimum absolute atomic E-state index is 0.0927. The maximum atomic E-state index is 13.3. The Labute approximate surface area is 179 Å². The SMILES string of the molecule is COc1ccccc1N(CC(=O)NCc1ccc(F)cc1)S(=O)(=O)c1ccc(F)cc1. The van der Waals surface area contributed by atoms with Gasteiger partial charge in [0.2, 0.25) is 5.91 Å². The average Bonchev–Trinajstić information content (AvgIpc) is 2.77. The first-order valence-electron chi connectivity index (χ1n) is 9.24. The van der Waals surface area contributed by atoms with Gasteiger partial charge in [-0.2, -0.15) is 0 Å². The molecule has 31 heavy (non-hydrogen) atoms. The number of hydrogen-bond donors (Lipinski definition) is 1. The lowest BCUT2D eigenvalue weighted by Gasteiger charge is -2.25. The highest BCUT2D eigenvalue weighted by Gasteiger charge is 2.29. The van der Waals surface area contributed by atoms with E-state index in [1.54, 1.807) is 18.2 Å². The lowest BCUT2D eigenvalue weighted by molar-refractivity contribution is -0.119. The van der Waals surface area contributed by atoms with Gasteiger partial charge >= 0.3 is 0 Å². The van der Waals surface area contributed by atoms with E-state index in [0.717, 1.165) is 28.6 Å². The van der Waals surface area contributed by atoms with E-state index in [4.69, 9.17) is 4.74 Å². The van der Waals surface area contributed by atoms with Crippen LogP contribution in [0, 0.1) is 11.6 Å². The summed E-state index contributed by atoms with van der Waals surface area (Å²) in [5, 5.41) is 2.62. The van der Waals surface area contributed by atoms with Crippen molar-refractivity contribution in [2.75, 3.05) is 18.0 Å². The second-order valence-electron chi connectivity index (χ2n) is 6.54. The van der Waals surface area contributed by atoms with Gasteiger partial charge < -0.3 is 10.1 Å². The maximum Gasteiger partial charge on any atom is 0.264 e. The van der Waals surface area contributed by atoms with Gasteiger partial charge in [-0.3, -0.25) is 9.10 Å². The average molecular weight is 446 g/mol. The lowest BCUT2D eigenvalue weighted by atomic mass is 10.2. The molecule has 0 heterocycles. The molecule has 162 valence electrons. The number of halogens is 2. The van der Waals surface area contributed by atoms with Gasteiger partial charge in [-0.25, -0.2) is 17.2 Å². The van der Waals surface area contributed by atoms with Crippen LogP contribution in [0.2, 0.25) is 0 Å². The zero-order valence-corrected chi connectivity index (χ0v) is 17.4. The number of sulfonamides is 1. The lowest BCUT2D eigenvalue weighted by Crippen LogP contribution is -2.40. The number of nitrogens with one attached hydrogen (secondary N) is 1. The summed E-state index contributed by atoms with van der Waals surface area (Å²) in [5.41, 5.74) is 0.811. The molecule has 0 spiro atoms. The Morgan fingerprint density at radius 1 is 0.935 bits per heavy atom. The van der Waals surface area contributed by atoms with Gasteiger partial charge in [-0.15, -0.1) is 0 Å². The number of rotatable bonds is 8. The number of anilines is 1. The summed E-state index contributed by atoms with van der Waals surface area (Å²) in [6, 6.07) is 16.2. The first-order chi connectivity index (χ1) is 14.8. The van der Waals surface area contributed by atoms with Gasteiger partial charge in [0.1, 0.15) is 23.9 Å². The quantitative estimate of drug-likeness (QED) is 0.575. The molecule has 6 nitrogen and oxygen atoms in total. The van der Waals surface area contributed by atoms with Crippen molar-refractivity contribution in [1.82, 2.24) is 5.32 Å². The molecule has 0 aliphatic carbocycles. The summed E-state index contributed by atoms with van der Waals surface area (Å²) in [4.78, 5) is 12.4. The Hall–Kier alpha value is -3.46. The highest BCUT2D eigenvalue weighted by molar-refractivity contribution is 7.92. The summed E-state index contributed by atoms with van der Waals surface area (Å²) < 4.78 is 59.1. The third kappa shape index (κ3) is 5.37. The van der Waals surface area contributed by atoms with Crippen molar-refractivity contribution in [3.63, 3.8) is 0 Å². The Kier molecular flexibility index (Phi) is 6.86. The molecule has 0 atom stereocenters. The fraction of sp³-hybridized carbons (Fsp3) is 0.136. The molecule has 1 N–H and O–H groups in total. The molecule has 0 saturated heterocycles. The number of ether oxygens (including phenoxy) is 1. The number of amides is 1. The summed E-state index contributed by atoms with van der Waals surface area (Å²) in [5.74, 6) is -1.32. The van der Waals surface area contributed by atoms with E-state index in [1.165, 1.54) is 37.4 Å². The Bertz CT molecular complexity index is 1150. The van der Waals surface area contributed by atoms with E-state index in [1.807, 2.05) is 0 Å². The van der Waals surface area contributed by atoms with Crippen LogP contribution in [0.3, 0.4) is 0 Å². The van der Waals surface area contributed by atoms with Crippen LogP contribution in [0.25, 0.3) is 0 Å². The highest BCUT2D eigenvalue weighted by atomic mass is 32.2. The van der Waals surface area contributed by atoms with E-state index >= 15 is 0 Å². The zero-order chi connectivity index (χ0) is 22.4. The van der Waals surface area contributed by atoms with Crippen LogP contribution < -0.4 is 14.4 Å². The van der Waals surface area contributed by atoms with E-state index in [-0.39, 0.29) is 22.9 Å².